The number of Topliss-reactive ketones (excluding diaryl/α,β-unsaturated/α-hetero) is 1. The first-order valence-corrected chi connectivity index (χ1v) is 6.96. The van der Waals surface area contributed by atoms with Gasteiger partial charge in [0.2, 0.25) is 0 Å². The third kappa shape index (κ3) is 1.83. The van der Waals surface area contributed by atoms with Crippen molar-refractivity contribution in [2.24, 2.45) is 29.1 Å². The van der Waals surface area contributed by atoms with E-state index in [-0.39, 0.29) is 5.41 Å². The summed E-state index contributed by atoms with van der Waals surface area (Å²) in [5, 5.41) is 0. The van der Waals surface area contributed by atoms with Gasteiger partial charge in [0.25, 0.3) is 0 Å². The fourth-order valence-corrected chi connectivity index (χ4v) is 4.19. The lowest BCUT2D eigenvalue weighted by atomic mass is 9.52. The zero-order valence-electron chi connectivity index (χ0n) is 11.3. The maximum absolute atomic E-state index is 12.1. The van der Waals surface area contributed by atoms with Gasteiger partial charge in [-0.05, 0) is 62.7 Å². The van der Waals surface area contributed by atoms with E-state index in [0.29, 0.717) is 11.7 Å². The van der Waals surface area contributed by atoms with Crippen LogP contribution >= 0.6 is 0 Å². The molecule has 0 heterocycles. The second-order valence-electron chi connectivity index (χ2n) is 6.68. The van der Waals surface area contributed by atoms with Gasteiger partial charge in [-0.3, -0.25) is 4.79 Å². The van der Waals surface area contributed by atoms with Crippen molar-refractivity contribution < 1.29 is 4.79 Å². The molecule has 1 heteroatoms. The van der Waals surface area contributed by atoms with Crippen molar-refractivity contribution >= 4 is 5.78 Å². The maximum Gasteiger partial charge on any atom is 0.136 e. The molecule has 0 amide bonds. The summed E-state index contributed by atoms with van der Waals surface area (Å²) in [7, 11) is 0. The molecule has 2 saturated carbocycles. The van der Waals surface area contributed by atoms with Gasteiger partial charge in [0, 0.05) is 5.41 Å². The molecule has 16 heavy (non-hydrogen) atoms. The molecule has 2 aliphatic carbocycles. The molecule has 5 unspecified atom stereocenters. The topological polar surface area (TPSA) is 17.1 Å². The Bertz CT molecular complexity index is 283. The Kier molecular flexibility index (Phi) is 3.16. The van der Waals surface area contributed by atoms with Crippen LogP contribution in [0.2, 0.25) is 0 Å². The normalized spacial score (nSPS) is 48.5. The molecular formula is C15H26O. The van der Waals surface area contributed by atoms with E-state index < -0.39 is 0 Å². The molecule has 0 aromatic rings. The number of rotatable bonds is 1. The lowest BCUT2D eigenvalue weighted by Crippen LogP contribution is -2.47. The van der Waals surface area contributed by atoms with E-state index >= 15 is 0 Å². The van der Waals surface area contributed by atoms with Crippen molar-refractivity contribution in [3.63, 3.8) is 0 Å². The summed E-state index contributed by atoms with van der Waals surface area (Å²) >= 11 is 0. The van der Waals surface area contributed by atoms with Gasteiger partial charge in [-0.1, -0.05) is 20.8 Å². The SMILES string of the molecule is CC(=O)C12CCC(C)CC1CC(C)C(C)C2. The van der Waals surface area contributed by atoms with Gasteiger partial charge in [-0.25, -0.2) is 0 Å². The lowest BCUT2D eigenvalue weighted by molar-refractivity contribution is -0.139. The molecule has 0 aliphatic heterocycles. The monoisotopic (exact) mass is 222 g/mol. The van der Waals surface area contributed by atoms with Crippen LogP contribution in [0.1, 0.15) is 59.8 Å². The van der Waals surface area contributed by atoms with Gasteiger partial charge in [-0.15, -0.1) is 0 Å². The van der Waals surface area contributed by atoms with Gasteiger partial charge in [0.15, 0.2) is 0 Å². The van der Waals surface area contributed by atoms with Crippen LogP contribution in [0.5, 0.6) is 0 Å². The van der Waals surface area contributed by atoms with Crippen LogP contribution in [-0.4, -0.2) is 5.78 Å². The van der Waals surface area contributed by atoms with Crippen LogP contribution < -0.4 is 0 Å². The Balaban J connectivity index is 2.25. The quantitative estimate of drug-likeness (QED) is 0.654. The maximum atomic E-state index is 12.1. The molecule has 0 aromatic heterocycles. The minimum Gasteiger partial charge on any atom is -0.299 e. The average Bonchev–Trinajstić information content (AvgIpc) is 2.20. The summed E-state index contributed by atoms with van der Waals surface area (Å²) in [5.74, 6) is 3.53. The fourth-order valence-electron chi connectivity index (χ4n) is 4.19. The highest BCUT2D eigenvalue weighted by atomic mass is 16.1. The summed E-state index contributed by atoms with van der Waals surface area (Å²) in [5.41, 5.74) is 0.0679. The zero-order valence-corrected chi connectivity index (χ0v) is 11.3. The molecule has 92 valence electrons. The molecule has 0 saturated heterocycles. The molecule has 1 nitrogen and oxygen atoms in total. The number of hydrogen-bond acceptors (Lipinski definition) is 1. The van der Waals surface area contributed by atoms with E-state index in [1.807, 2.05) is 6.92 Å². The molecule has 0 aromatic carbocycles. The number of hydrogen-bond donors (Lipinski definition) is 0. The molecule has 0 N–H and O–H groups in total. The Hall–Kier alpha value is -0.330. The van der Waals surface area contributed by atoms with Gasteiger partial charge < -0.3 is 0 Å². The van der Waals surface area contributed by atoms with Crippen LogP contribution in [0, 0.1) is 29.1 Å². The number of fused-ring (bicyclic) bond motifs is 1. The van der Waals surface area contributed by atoms with Crippen molar-refractivity contribution in [1.29, 1.82) is 0 Å². The molecule has 5 atom stereocenters. The van der Waals surface area contributed by atoms with E-state index in [9.17, 15) is 4.79 Å². The Morgan fingerprint density at radius 3 is 2.44 bits per heavy atom. The van der Waals surface area contributed by atoms with Gasteiger partial charge in [0.1, 0.15) is 5.78 Å². The summed E-state index contributed by atoms with van der Waals surface area (Å²) in [6.07, 6.45) is 6.14. The van der Waals surface area contributed by atoms with Gasteiger partial charge in [-0.2, -0.15) is 0 Å². The van der Waals surface area contributed by atoms with Crippen LogP contribution in [0.15, 0.2) is 0 Å². The van der Waals surface area contributed by atoms with Crippen molar-refractivity contribution in [3.8, 4) is 0 Å². The smallest absolute Gasteiger partial charge is 0.136 e. The largest absolute Gasteiger partial charge is 0.299 e. The van der Waals surface area contributed by atoms with Crippen LogP contribution in [-0.2, 0) is 4.79 Å². The molecule has 2 aliphatic rings. The first kappa shape index (κ1) is 12.1. The highest BCUT2D eigenvalue weighted by Gasteiger charge is 2.50. The molecule has 2 rings (SSSR count). The zero-order chi connectivity index (χ0) is 11.9. The summed E-state index contributed by atoms with van der Waals surface area (Å²) in [6.45, 7) is 8.90. The standard InChI is InChI=1S/C15H26O/c1-10-5-6-15(13(4)16)9-12(3)11(2)8-14(15)7-10/h10-12,14H,5-9H2,1-4H3. The minimum atomic E-state index is 0.0679. The highest BCUT2D eigenvalue weighted by molar-refractivity contribution is 5.83. The van der Waals surface area contributed by atoms with E-state index in [2.05, 4.69) is 20.8 Å². The van der Waals surface area contributed by atoms with Crippen molar-refractivity contribution in [2.45, 2.75) is 59.8 Å². The number of carbonyl (C=O) groups is 1. The predicted octanol–water partition coefficient (Wildman–Crippen LogP) is 4.06. The summed E-state index contributed by atoms with van der Waals surface area (Å²) < 4.78 is 0. The Morgan fingerprint density at radius 2 is 1.81 bits per heavy atom. The van der Waals surface area contributed by atoms with Crippen LogP contribution in [0.4, 0.5) is 0 Å². The first-order valence-electron chi connectivity index (χ1n) is 6.96. The van der Waals surface area contributed by atoms with Crippen molar-refractivity contribution in [1.82, 2.24) is 0 Å². The van der Waals surface area contributed by atoms with Gasteiger partial charge in [0.05, 0.1) is 0 Å². The number of carbonyl (C=O) groups excluding carboxylic acids is 1. The third-order valence-corrected chi connectivity index (χ3v) is 5.57. The van der Waals surface area contributed by atoms with E-state index in [1.54, 1.807) is 0 Å². The Labute approximate surface area is 100.0 Å². The fraction of sp³-hybridized carbons (Fsp3) is 0.933. The molecular weight excluding hydrogens is 196 g/mol. The molecule has 0 bridgehead atoms. The first-order chi connectivity index (χ1) is 7.45. The average molecular weight is 222 g/mol. The van der Waals surface area contributed by atoms with E-state index in [4.69, 9.17) is 0 Å². The van der Waals surface area contributed by atoms with Crippen molar-refractivity contribution in [2.75, 3.05) is 0 Å². The highest BCUT2D eigenvalue weighted by Crippen LogP contribution is 2.55. The predicted molar refractivity (Wildman–Crippen MR) is 67.2 cm³/mol. The van der Waals surface area contributed by atoms with E-state index in [0.717, 1.165) is 30.6 Å². The Morgan fingerprint density at radius 1 is 1.12 bits per heavy atom. The molecule has 0 spiro atoms. The summed E-state index contributed by atoms with van der Waals surface area (Å²) in [4.78, 5) is 12.1. The second kappa shape index (κ2) is 4.16. The van der Waals surface area contributed by atoms with Gasteiger partial charge >= 0.3 is 0 Å². The summed E-state index contributed by atoms with van der Waals surface area (Å²) in [6, 6.07) is 0. The number of ketones is 1. The minimum absolute atomic E-state index is 0.0679. The molecule has 2 fully saturated rings. The van der Waals surface area contributed by atoms with Crippen LogP contribution in [0.3, 0.4) is 0 Å². The third-order valence-electron chi connectivity index (χ3n) is 5.57. The van der Waals surface area contributed by atoms with Crippen LogP contribution in [0.25, 0.3) is 0 Å². The second-order valence-corrected chi connectivity index (χ2v) is 6.68. The lowest BCUT2D eigenvalue weighted by Gasteiger charge is -2.51. The van der Waals surface area contributed by atoms with Crippen molar-refractivity contribution in [3.05, 3.63) is 0 Å². The van der Waals surface area contributed by atoms with E-state index in [1.165, 1.54) is 19.3 Å². The molecule has 0 radical (unpaired) electrons.